The van der Waals surface area contributed by atoms with Crippen molar-refractivity contribution in [3.63, 3.8) is 0 Å². The van der Waals surface area contributed by atoms with Gasteiger partial charge in [0.25, 0.3) is 0 Å². The van der Waals surface area contributed by atoms with Crippen molar-refractivity contribution in [3.05, 3.63) is 60.2 Å². The number of aromatic nitrogens is 2. The number of likely N-dealkylation sites (tertiary alicyclic amines) is 1. The summed E-state index contributed by atoms with van der Waals surface area (Å²) in [7, 11) is 1.49. The normalized spacial score (nSPS) is 15.7. The topological polar surface area (TPSA) is 131 Å². The van der Waals surface area contributed by atoms with Crippen LogP contribution in [0.4, 0.5) is 9.80 Å². The van der Waals surface area contributed by atoms with Gasteiger partial charge >= 0.3 is 6.09 Å². The molecule has 4 rings (SSSR count). The van der Waals surface area contributed by atoms with Gasteiger partial charge in [0, 0.05) is 37.1 Å². The number of benzene rings is 2. The minimum atomic E-state index is -0.915. The Morgan fingerprint density at radius 2 is 1.83 bits per heavy atom. The Morgan fingerprint density at radius 3 is 2.48 bits per heavy atom. The summed E-state index contributed by atoms with van der Waals surface area (Å²) < 4.78 is 14.9. The van der Waals surface area contributed by atoms with E-state index in [1.165, 1.54) is 16.8 Å². The molecular formula is C34H39N5O6S. The standard InChI is InChI=1S/C34H39N5O6S/c1-7-20-44-25-17-15-23(16-18-25)26(21-28(40)22(2)38(6)33(43)45-34(3,4)5)32(42)39-19-11-14-27(39)30(41)35-31-29(36-37-46-31)24-12-9-8-10-13-24/h1,8-10,12-13,15-18,22,26-27H,11,14,19-21H2,2-6H3,(H,35,41)/t22-,26-,27-/m0/s1. The molecule has 0 bridgehead atoms. The number of likely N-dealkylation sites (N-methyl/N-ethyl adjacent to an activating group) is 1. The third kappa shape index (κ3) is 8.48. The highest BCUT2D eigenvalue weighted by atomic mass is 32.1. The van der Waals surface area contributed by atoms with Crippen molar-refractivity contribution in [2.75, 3.05) is 25.5 Å². The third-order valence-electron chi connectivity index (χ3n) is 7.65. The molecule has 1 aliphatic rings. The molecule has 1 saturated heterocycles. The van der Waals surface area contributed by atoms with Gasteiger partial charge in [-0.15, -0.1) is 11.5 Å². The first-order valence-electron chi connectivity index (χ1n) is 15.0. The lowest BCUT2D eigenvalue weighted by Crippen LogP contribution is -2.47. The van der Waals surface area contributed by atoms with Crippen molar-refractivity contribution in [3.8, 4) is 29.4 Å². The maximum absolute atomic E-state index is 14.3. The lowest BCUT2D eigenvalue weighted by atomic mass is 9.90. The van der Waals surface area contributed by atoms with E-state index < -0.39 is 29.7 Å². The molecule has 1 fully saturated rings. The first-order chi connectivity index (χ1) is 21.9. The van der Waals surface area contributed by atoms with Crippen molar-refractivity contribution >= 4 is 40.2 Å². The molecule has 0 aliphatic carbocycles. The van der Waals surface area contributed by atoms with E-state index in [1.54, 1.807) is 52.0 Å². The van der Waals surface area contributed by atoms with Crippen molar-refractivity contribution in [2.24, 2.45) is 0 Å². The van der Waals surface area contributed by atoms with E-state index in [0.29, 0.717) is 41.4 Å². The van der Waals surface area contributed by atoms with Crippen LogP contribution in [0.5, 0.6) is 5.75 Å². The fourth-order valence-electron chi connectivity index (χ4n) is 5.10. The maximum Gasteiger partial charge on any atom is 0.410 e. The van der Waals surface area contributed by atoms with Crippen LogP contribution in [-0.4, -0.2) is 81.0 Å². The molecule has 0 unspecified atom stereocenters. The van der Waals surface area contributed by atoms with Gasteiger partial charge in [-0.05, 0) is 58.2 Å². The molecule has 0 spiro atoms. The summed E-state index contributed by atoms with van der Waals surface area (Å²) in [5, 5.41) is 7.61. The monoisotopic (exact) mass is 645 g/mol. The Balaban J connectivity index is 1.56. The quantitative estimate of drug-likeness (QED) is 0.284. The second kappa shape index (κ2) is 15.0. The largest absolute Gasteiger partial charge is 0.481 e. The van der Waals surface area contributed by atoms with Crippen LogP contribution in [-0.2, 0) is 19.1 Å². The van der Waals surface area contributed by atoms with E-state index in [-0.39, 0.29) is 30.6 Å². The summed E-state index contributed by atoms with van der Waals surface area (Å²) in [5.74, 6) is 0.969. The van der Waals surface area contributed by atoms with Gasteiger partial charge in [0.15, 0.2) is 5.78 Å². The molecule has 2 heterocycles. The fraction of sp³-hybridized carbons (Fsp3) is 0.412. The SMILES string of the molecule is C#CCOc1ccc([C@H](CC(=O)[C@H](C)N(C)C(=O)OC(C)(C)C)C(=O)N2CCC[C@H]2C(=O)Nc2snnc2-c2ccccc2)cc1. The fourth-order valence-corrected chi connectivity index (χ4v) is 5.70. The van der Waals surface area contributed by atoms with Gasteiger partial charge < -0.3 is 24.6 Å². The van der Waals surface area contributed by atoms with Crippen LogP contribution in [0.1, 0.15) is 58.4 Å². The lowest BCUT2D eigenvalue weighted by molar-refractivity contribution is -0.139. The molecule has 0 radical (unpaired) electrons. The zero-order valence-electron chi connectivity index (χ0n) is 26.7. The first-order valence-corrected chi connectivity index (χ1v) is 15.8. The zero-order chi connectivity index (χ0) is 33.4. The Labute approximate surface area is 273 Å². The molecule has 12 heteroatoms. The summed E-state index contributed by atoms with van der Waals surface area (Å²) in [6, 6.07) is 14.6. The average Bonchev–Trinajstić information content (AvgIpc) is 3.72. The molecule has 1 aliphatic heterocycles. The van der Waals surface area contributed by atoms with Crippen LogP contribution in [0.25, 0.3) is 11.3 Å². The number of rotatable bonds is 11. The molecule has 3 atom stereocenters. The highest BCUT2D eigenvalue weighted by Gasteiger charge is 2.40. The number of hydrogen-bond donors (Lipinski definition) is 1. The van der Waals surface area contributed by atoms with Crippen LogP contribution in [0.3, 0.4) is 0 Å². The molecule has 242 valence electrons. The third-order valence-corrected chi connectivity index (χ3v) is 8.29. The Bertz CT molecular complexity index is 1580. The van der Waals surface area contributed by atoms with E-state index >= 15 is 0 Å². The number of carbonyl (C=O) groups excluding carboxylic acids is 4. The lowest BCUT2D eigenvalue weighted by Gasteiger charge is -2.31. The zero-order valence-corrected chi connectivity index (χ0v) is 27.5. The van der Waals surface area contributed by atoms with Gasteiger partial charge in [-0.3, -0.25) is 14.4 Å². The van der Waals surface area contributed by atoms with E-state index in [9.17, 15) is 19.2 Å². The van der Waals surface area contributed by atoms with Crippen LogP contribution >= 0.6 is 11.5 Å². The second-order valence-electron chi connectivity index (χ2n) is 12.0. The summed E-state index contributed by atoms with van der Waals surface area (Å²) >= 11 is 1.06. The number of Topliss-reactive ketones (excluding diaryl/α,β-unsaturated/α-hetero) is 1. The van der Waals surface area contributed by atoms with Gasteiger partial charge in [0.05, 0.1) is 12.0 Å². The smallest absolute Gasteiger partial charge is 0.410 e. The average molecular weight is 646 g/mol. The number of anilines is 1. The molecular weight excluding hydrogens is 606 g/mol. The second-order valence-corrected chi connectivity index (χ2v) is 12.8. The number of amides is 3. The van der Waals surface area contributed by atoms with Gasteiger partial charge in [-0.25, -0.2) is 4.79 Å². The number of hydrogen-bond acceptors (Lipinski definition) is 9. The highest BCUT2D eigenvalue weighted by molar-refractivity contribution is 7.10. The van der Waals surface area contributed by atoms with E-state index in [0.717, 1.165) is 17.1 Å². The first kappa shape index (κ1) is 34.1. The predicted octanol–water partition coefficient (Wildman–Crippen LogP) is 5.15. The van der Waals surface area contributed by atoms with Gasteiger partial charge in [0.2, 0.25) is 11.8 Å². The van der Waals surface area contributed by atoms with Crippen LogP contribution < -0.4 is 10.1 Å². The Hall–Kier alpha value is -4.76. The number of carbonyl (C=O) groups is 4. The Morgan fingerprint density at radius 1 is 1.13 bits per heavy atom. The van der Waals surface area contributed by atoms with Crippen LogP contribution in [0, 0.1) is 12.3 Å². The molecule has 0 saturated carbocycles. The van der Waals surface area contributed by atoms with Crippen molar-refractivity contribution in [1.29, 1.82) is 0 Å². The molecule has 11 nitrogen and oxygen atoms in total. The summed E-state index contributed by atoms with van der Waals surface area (Å²) in [6.07, 6.45) is 5.55. The number of nitrogens with one attached hydrogen (secondary N) is 1. The molecule has 2 aromatic carbocycles. The molecule has 1 N–H and O–H groups in total. The molecule has 46 heavy (non-hydrogen) atoms. The summed E-state index contributed by atoms with van der Waals surface area (Å²) in [5.41, 5.74) is 1.19. The number of nitrogens with zero attached hydrogens (tertiary/aromatic N) is 4. The van der Waals surface area contributed by atoms with Crippen LogP contribution in [0.15, 0.2) is 54.6 Å². The molecule has 3 amide bonds. The maximum atomic E-state index is 14.3. The minimum Gasteiger partial charge on any atom is -0.481 e. The molecule has 3 aromatic rings. The van der Waals surface area contributed by atoms with Gasteiger partial charge in [-0.1, -0.05) is 52.9 Å². The van der Waals surface area contributed by atoms with E-state index in [4.69, 9.17) is 15.9 Å². The van der Waals surface area contributed by atoms with Crippen molar-refractivity contribution in [2.45, 2.75) is 70.6 Å². The van der Waals surface area contributed by atoms with Gasteiger partial charge in [-0.2, -0.15) is 0 Å². The Kier molecular flexibility index (Phi) is 11.1. The minimum absolute atomic E-state index is 0.0839. The van der Waals surface area contributed by atoms with Crippen molar-refractivity contribution in [1.82, 2.24) is 19.4 Å². The predicted molar refractivity (Wildman–Crippen MR) is 175 cm³/mol. The van der Waals surface area contributed by atoms with Gasteiger partial charge in [0.1, 0.15) is 34.7 Å². The number of ketones is 1. The number of terminal acetylenes is 1. The van der Waals surface area contributed by atoms with Crippen molar-refractivity contribution < 1.29 is 28.7 Å². The van der Waals surface area contributed by atoms with E-state index in [1.807, 2.05) is 30.3 Å². The summed E-state index contributed by atoms with van der Waals surface area (Å²) in [4.78, 5) is 56.9. The highest BCUT2D eigenvalue weighted by Crippen LogP contribution is 2.32. The van der Waals surface area contributed by atoms with E-state index in [2.05, 4.69) is 20.8 Å². The van der Waals surface area contributed by atoms with Crippen LogP contribution in [0.2, 0.25) is 0 Å². The summed E-state index contributed by atoms with van der Waals surface area (Å²) in [6.45, 7) is 7.27. The number of ether oxygens (including phenoxy) is 2. The molecule has 1 aromatic heterocycles.